The van der Waals surface area contributed by atoms with Gasteiger partial charge in [-0.3, -0.25) is 4.79 Å². The van der Waals surface area contributed by atoms with Gasteiger partial charge in [0.15, 0.2) is 0 Å². The van der Waals surface area contributed by atoms with Crippen molar-refractivity contribution in [3.05, 3.63) is 60.0 Å². The van der Waals surface area contributed by atoms with E-state index >= 15 is 0 Å². The van der Waals surface area contributed by atoms with E-state index in [1.165, 1.54) is 0 Å². The molecule has 1 aliphatic rings. The number of urea groups is 1. The molecular formula is C26H31N5O3. The maximum Gasteiger partial charge on any atom is 0.321 e. The minimum atomic E-state index is -0.261. The molecule has 0 bridgehead atoms. The first kappa shape index (κ1) is 23.5. The Labute approximate surface area is 199 Å². The van der Waals surface area contributed by atoms with E-state index in [1.54, 1.807) is 4.90 Å². The number of carbonyl (C=O) groups is 2. The summed E-state index contributed by atoms with van der Waals surface area (Å²) < 4.78 is 5.36. The fourth-order valence-corrected chi connectivity index (χ4v) is 3.89. The van der Waals surface area contributed by atoms with E-state index in [9.17, 15) is 9.59 Å². The summed E-state index contributed by atoms with van der Waals surface area (Å²) in [5, 5.41) is 9.96. The molecule has 8 nitrogen and oxygen atoms in total. The van der Waals surface area contributed by atoms with E-state index in [2.05, 4.69) is 20.8 Å². The first-order valence-corrected chi connectivity index (χ1v) is 11.6. The van der Waals surface area contributed by atoms with Crippen molar-refractivity contribution in [1.29, 1.82) is 0 Å². The second-order valence-electron chi connectivity index (χ2n) is 9.82. The van der Waals surface area contributed by atoms with Crippen LogP contribution >= 0.6 is 0 Å². The zero-order chi connectivity index (χ0) is 24.3. The van der Waals surface area contributed by atoms with Gasteiger partial charge < -0.3 is 20.1 Å². The largest absolute Gasteiger partial charge is 0.338 e. The molecule has 2 aromatic carbocycles. The number of nitrogens with zero attached hydrogens (tertiary/aromatic N) is 3. The average Bonchev–Trinajstić information content (AvgIpc) is 3.31. The summed E-state index contributed by atoms with van der Waals surface area (Å²) in [5.74, 6) is 0.747. The summed E-state index contributed by atoms with van der Waals surface area (Å²) in [7, 11) is 0. The molecule has 1 aromatic heterocycles. The van der Waals surface area contributed by atoms with Crippen LogP contribution in [0.3, 0.4) is 0 Å². The number of anilines is 2. The van der Waals surface area contributed by atoms with Gasteiger partial charge in [-0.1, -0.05) is 38.1 Å². The first-order valence-electron chi connectivity index (χ1n) is 11.6. The zero-order valence-corrected chi connectivity index (χ0v) is 20.1. The van der Waals surface area contributed by atoms with E-state index in [0.717, 1.165) is 29.7 Å². The molecule has 2 N–H and O–H groups in total. The van der Waals surface area contributed by atoms with Crippen molar-refractivity contribution in [2.45, 2.75) is 46.0 Å². The second kappa shape index (κ2) is 9.67. The molecule has 2 heterocycles. The van der Waals surface area contributed by atoms with Crippen LogP contribution in [0.2, 0.25) is 0 Å². The van der Waals surface area contributed by atoms with Crippen LogP contribution in [-0.4, -0.2) is 40.1 Å². The van der Waals surface area contributed by atoms with Crippen molar-refractivity contribution < 1.29 is 14.1 Å². The third-order valence-corrected chi connectivity index (χ3v) is 5.83. The first-order chi connectivity index (χ1) is 16.2. The molecule has 0 aliphatic carbocycles. The van der Waals surface area contributed by atoms with Crippen molar-refractivity contribution in [2.24, 2.45) is 5.92 Å². The lowest BCUT2D eigenvalue weighted by atomic mass is 9.97. The van der Waals surface area contributed by atoms with Crippen LogP contribution in [0, 0.1) is 12.8 Å². The van der Waals surface area contributed by atoms with Crippen LogP contribution in [0.15, 0.2) is 53.1 Å². The molecule has 8 heteroatoms. The molecule has 34 heavy (non-hydrogen) atoms. The molecule has 1 atom stereocenters. The Balaban J connectivity index is 1.35. The third kappa shape index (κ3) is 5.62. The monoisotopic (exact) mass is 461 g/mol. The molecule has 0 saturated carbocycles. The number of likely N-dealkylation sites (tertiary alicyclic amines) is 1. The highest BCUT2D eigenvalue weighted by Gasteiger charge is 2.29. The summed E-state index contributed by atoms with van der Waals surface area (Å²) >= 11 is 0. The molecule has 3 aromatic rings. The van der Waals surface area contributed by atoms with E-state index in [1.807, 2.05) is 76.2 Å². The van der Waals surface area contributed by atoms with Crippen LogP contribution in [0.4, 0.5) is 16.2 Å². The van der Waals surface area contributed by atoms with Gasteiger partial charge in [-0.05, 0) is 61.7 Å². The highest BCUT2D eigenvalue weighted by molar-refractivity contribution is 5.94. The highest BCUT2D eigenvalue weighted by Crippen LogP contribution is 2.25. The van der Waals surface area contributed by atoms with Crippen LogP contribution in [0.5, 0.6) is 0 Å². The predicted octanol–water partition coefficient (Wildman–Crippen LogP) is 5.23. The number of benzene rings is 2. The molecule has 1 aliphatic heterocycles. The number of hydrogen-bond acceptors (Lipinski definition) is 5. The molecule has 1 saturated heterocycles. The maximum absolute atomic E-state index is 12.9. The number of hydrogen-bond donors (Lipinski definition) is 2. The summed E-state index contributed by atoms with van der Waals surface area (Å²) in [6, 6.07) is 14.9. The van der Waals surface area contributed by atoms with Gasteiger partial charge >= 0.3 is 6.03 Å². The number of aryl methyl sites for hydroxylation is 1. The Morgan fingerprint density at radius 2 is 1.82 bits per heavy atom. The lowest BCUT2D eigenvalue weighted by Crippen LogP contribution is -2.45. The van der Waals surface area contributed by atoms with Crippen molar-refractivity contribution in [3.63, 3.8) is 0 Å². The van der Waals surface area contributed by atoms with Gasteiger partial charge in [-0.25, -0.2) is 4.79 Å². The number of carbonyl (C=O) groups excluding carboxylic acids is 2. The predicted molar refractivity (Wildman–Crippen MR) is 132 cm³/mol. The van der Waals surface area contributed by atoms with Gasteiger partial charge in [0, 0.05) is 35.4 Å². The SMILES string of the molecule is Cc1cccc(NC(=O)N2CCCC(C(=O)Nc3ccc(-c4noc(C(C)(C)C)n4)cc3)C2)c1. The number of piperidine rings is 1. The van der Waals surface area contributed by atoms with E-state index in [-0.39, 0.29) is 23.3 Å². The molecule has 1 fully saturated rings. The Morgan fingerprint density at radius 3 is 2.50 bits per heavy atom. The Bertz CT molecular complexity index is 1160. The van der Waals surface area contributed by atoms with Crippen LogP contribution in [-0.2, 0) is 10.2 Å². The molecule has 178 valence electrons. The van der Waals surface area contributed by atoms with Crippen molar-refractivity contribution in [3.8, 4) is 11.4 Å². The molecule has 3 amide bonds. The van der Waals surface area contributed by atoms with Crippen LogP contribution < -0.4 is 10.6 Å². The van der Waals surface area contributed by atoms with Crippen molar-refractivity contribution >= 4 is 23.3 Å². The maximum atomic E-state index is 12.9. The fourth-order valence-electron chi connectivity index (χ4n) is 3.89. The summed E-state index contributed by atoms with van der Waals surface area (Å²) in [6.45, 7) is 9.05. The number of amides is 3. The van der Waals surface area contributed by atoms with Gasteiger partial charge in [0.25, 0.3) is 0 Å². The Morgan fingerprint density at radius 1 is 1.06 bits per heavy atom. The quantitative estimate of drug-likeness (QED) is 0.554. The molecule has 0 radical (unpaired) electrons. The number of aromatic nitrogens is 2. The summed E-state index contributed by atoms with van der Waals surface area (Å²) in [4.78, 5) is 31.8. The van der Waals surface area contributed by atoms with Gasteiger partial charge in [0.05, 0.1) is 5.92 Å². The van der Waals surface area contributed by atoms with Crippen molar-refractivity contribution in [2.75, 3.05) is 23.7 Å². The van der Waals surface area contributed by atoms with Gasteiger partial charge in [0.2, 0.25) is 17.6 Å². The smallest absolute Gasteiger partial charge is 0.321 e. The van der Waals surface area contributed by atoms with E-state index in [4.69, 9.17) is 4.52 Å². The molecule has 0 spiro atoms. The number of rotatable bonds is 4. The van der Waals surface area contributed by atoms with Crippen molar-refractivity contribution in [1.82, 2.24) is 15.0 Å². The van der Waals surface area contributed by atoms with Gasteiger partial charge in [-0.2, -0.15) is 4.98 Å². The fraction of sp³-hybridized carbons (Fsp3) is 0.385. The summed E-state index contributed by atoms with van der Waals surface area (Å²) in [5.41, 5.74) is 3.12. The summed E-state index contributed by atoms with van der Waals surface area (Å²) in [6.07, 6.45) is 1.53. The highest BCUT2D eigenvalue weighted by atomic mass is 16.5. The Hall–Kier alpha value is -3.68. The minimum Gasteiger partial charge on any atom is -0.338 e. The lowest BCUT2D eigenvalue weighted by Gasteiger charge is -2.32. The second-order valence-corrected chi connectivity index (χ2v) is 9.82. The van der Waals surface area contributed by atoms with E-state index < -0.39 is 0 Å². The molecular weight excluding hydrogens is 430 g/mol. The van der Waals surface area contributed by atoms with E-state index in [0.29, 0.717) is 30.5 Å². The minimum absolute atomic E-state index is 0.0876. The molecule has 4 rings (SSSR count). The van der Waals surface area contributed by atoms with Crippen LogP contribution in [0.25, 0.3) is 11.4 Å². The standard InChI is InChI=1S/C26H31N5O3/c1-17-7-5-9-21(15-17)28-25(33)31-14-6-8-19(16-31)23(32)27-20-12-10-18(11-13-20)22-29-24(34-30-22)26(2,3)4/h5,7,9-13,15,19H,6,8,14,16H2,1-4H3,(H,27,32)(H,28,33). The van der Waals surface area contributed by atoms with Gasteiger partial charge in [-0.15, -0.1) is 0 Å². The van der Waals surface area contributed by atoms with Gasteiger partial charge in [0.1, 0.15) is 0 Å². The normalized spacial score (nSPS) is 16.2. The average molecular weight is 462 g/mol. The van der Waals surface area contributed by atoms with Crippen LogP contribution in [0.1, 0.15) is 45.1 Å². The zero-order valence-electron chi connectivity index (χ0n) is 20.1. The number of nitrogens with one attached hydrogen (secondary N) is 2. The molecule has 1 unspecified atom stereocenters. The topological polar surface area (TPSA) is 100 Å². The lowest BCUT2D eigenvalue weighted by molar-refractivity contribution is -0.121. The third-order valence-electron chi connectivity index (χ3n) is 5.83. The Kier molecular flexibility index (Phi) is 6.68.